The second-order valence-electron chi connectivity index (χ2n) is 3.86. The number of thioether (sulfide) groups is 1. The van der Waals surface area contributed by atoms with E-state index in [1.807, 2.05) is 30.3 Å². The van der Waals surface area contributed by atoms with Gasteiger partial charge in [-0.15, -0.1) is 11.3 Å². The van der Waals surface area contributed by atoms with E-state index in [1.165, 1.54) is 4.70 Å². The quantitative estimate of drug-likeness (QED) is 0.685. The van der Waals surface area contributed by atoms with Gasteiger partial charge in [-0.1, -0.05) is 30.0 Å². The Labute approximate surface area is 118 Å². The lowest BCUT2D eigenvalue weighted by molar-refractivity contribution is 1.19. The molecule has 0 atom stereocenters. The molecule has 5 heteroatoms. The van der Waals surface area contributed by atoms with Crippen LogP contribution in [0.15, 0.2) is 46.9 Å². The van der Waals surface area contributed by atoms with E-state index in [9.17, 15) is 0 Å². The zero-order valence-corrected chi connectivity index (χ0v) is 11.5. The Hall–Kier alpha value is -1.90. The molecule has 0 unspecified atom stereocenters. The lowest BCUT2D eigenvalue weighted by atomic mass is 10.2. The minimum absolute atomic E-state index is 0.496. The van der Waals surface area contributed by atoms with Gasteiger partial charge in [0.2, 0.25) is 0 Å². The fourth-order valence-electron chi connectivity index (χ4n) is 1.71. The summed E-state index contributed by atoms with van der Waals surface area (Å²) in [5.41, 5.74) is 2.48. The highest BCUT2D eigenvalue weighted by Gasteiger charge is 2.07. The summed E-state index contributed by atoms with van der Waals surface area (Å²) in [6.07, 6.45) is 1.64. The van der Waals surface area contributed by atoms with E-state index in [4.69, 9.17) is 5.26 Å². The molecule has 0 bridgehead atoms. The zero-order chi connectivity index (χ0) is 13.1. The molecule has 0 saturated carbocycles. The van der Waals surface area contributed by atoms with Gasteiger partial charge in [-0.3, -0.25) is 0 Å². The molecular formula is C14H9N3S2. The number of thiazole rings is 1. The molecule has 0 saturated heterocycles. The van der Waals surface area contributed by atoms with Crippen LogP contribution in [0.25, 0.3) is 10.2 Å². The first-order chi connectivity index (χ1) is 9.36. The molecule has 2 aromatic heterocycles. The number of hydrogen-bond donors (Lipinski definition) is 0. The fraction of sp³-hybridized carbons (Fsp3) is 0.0714. The summed E-state index contributed by atoms with van der Waals surface area (Å²) in [6, 6.07) is 14.0. The monoisotopic (exact) mass is 283 g/mol. The number of aromatic nitrogens is 2. The van der Waals surface area contributed by atoms with E-state index in [1.54, 1.807) is 29.3 Å². The van der Waals surface area contributed by atoms with Crippen molar-refractivity contribution >= 4 is 33.3 Å². The van der Waals surface area contributed by atoms with Gasteiger partial charge in [-0.2, -0.15) is 5.26 Å². The number of pyridine rings is 1. The average Bonchev–Trinajstić information content (AvgIpc) is 2.88. The predicted octanol–water partition coefficient (Wildman–Crippen LogP) is 3.86. The molecule has 0 radical (unpaired) electrons. The zero-order valence-electron chi connectivity index (χ0n) is 9.91. The SMILES string of the molecule is N#Cc1ncccc1CSc1nc2ccccc2s1. The number of rotatable bonds is 3. The number of nitrogens with zero attached hydrogens (tertiary/aromatic N) is 3. The molecular weight excluding hydrogens is 274 g/mol. The third-order valence-electron chi connectivity index (χ3n) is 2.62. The predicted molar refractivity (Wildman–Crippen MR) is 78.1 cm³/mol. The molecule has 19 heavy (non-hydrogen) atoms. The van der Waals surface area contributed by atoms with E-state index >= 15 is 0 Å². The van der Waals surface area contributed by atoms with Crippen molar-refractivity contribution in [1.82, 2.24) is 9.97 Å². The smallest absolute Gasteiger partial charge is 0.151 e. The average molecular weight is 283 g/mol. The van der Waals surface area contributed by atoms with Crippen LogP contribution in [0.1, 0.15) is 11.3 Å². The van der Waals surface area contributed by atoms with Crippen molar-refractivity contribution in [1.29, 1.82) is 5.26 Å². The highest BCUT2D eigenvalue weighted by molar-refractivity contribution is 8.00. The summed E-state index contributed by atoms with van der Waals surface area (Å²) in [4.78, 5) is 8.62. The Morgan fingerprint density at radius 1 is 1.21 bits per heavy atom. The van der Waals surface area contributed by atoms with Crippen molar-refractivity contribution in [3.63, 3.8) is 0 Å². The second kappa shape index (κ2) is 5.39. The number of para-hydroxylation sites is 1. The topological polar surface area (TPSA) is 49.6 Å². The fourth-order valence-corrected chi connectivity index (χ4v) is 3.76. The molecule has 0 aliphatic heterocycles. The summed E-state index contributed by atoms with van der Waals surface area (Å²) < 4.78 is 2.21. The third-order valence-corrected chi connectivity index (χ3v) is 4.85. The maximum absolute atomic E-state index is 9.00. The van der Waals surface area contributed by atoms with Crippen molar-refractivity contribution < 1.29 is 0 Å². The van der Waals surface area contributed by atoms with Gasteiger partial charge in [-0.05, 0) is 23.8 Å². The van der Waals surface area contributed by atoms with Crippen LogP contribution in [0.2, 0.25) is 0 Å². The summed E-state index contributed by atoms with van der Waals surface area (Å²) in [6.45, 7) is 0. The van der Waals surface area contributed by atoms with Crippen LogP contribution in [0.5, 0.6) is 0 Å². The molecule has 0 fully saturated rings. The maximum atomic E-state index is 9.00. The summed E-state index contributed by atoms with van der Waals surface area (Å²) in [5.74, 6) is 0.719. The van der Waals surface area contributed by atoms with Gasteiger partial charge in [0.15, 0.2) is 4.34 Å². The summed E-state index contributed by atoms with van der Waals surface area (Å²) >= 11 is 3.32. The molecule has 0 aliphatic rings. The van der Waals surface area contributed by atoms with Crippen molar-refractivity contribution in [2.45, 2.75) is 10.1 Å². The number of nitriles is 1. The Balaban J connectivity index is 1.81. The third kappa shape index (κ3) is 2.60. The maximum Gasteiger partial charge on any atom is 0.151 e. The van der Waals surface area contributed by atoms with Gasteiger partial charge in [0.1, 0.15) is 11.8 Å². The lowest BCUT2D eigenvalue weighted by Crippen LogP contribution is -1.90. The molecule has 1 aromatic carbocycles. The largest absolute Gasteiger partial charge is 0.245 e. The lowest BCUT2D eigenvalue weighted by Gasteiger charge is -1.99. The van der Waals surface area contributed by atoms with E-state index in [0.29, 0.717) is 5.69 Å². The Morgan fingerprint density at radius 2 is 2.11 bits per heavy atom. The van der Waals surface area contributed by atoms with Crippen LogP contribution in [-0.4, -0.2) is 9.97 Å². The second-order valence-corrected chi connectivity index (χ2v) is 6.11. The molecule has 0 spiro atoms. The first kappa shape index (κ1) is 12.2. The number of benzene rings is 1. The van der Waals surface area contributed by atoms with E-state index in [2.05, 4.69) is 22.1 Å². The van der Waals surface area contributed by atoms with Crippen LogP contribution in [-0.2, 0) is 5.75 Å². The molecule has 0 N–H and O–H groups in total. The standard InChI is InChI=1S/C14H9N3S2/c15-8-12-10(4-3-7-16-12)9-18-14-17-11-5-1-2-6-13(11)19-14/h1-7H,9H2. The number of fused-ring (bicyclic) bond motifs is 1. The Morgan fingerprint density at radius 3 is 2.95 bits per heavy atom. The van der Waals surface area contributed by atoms with E-state index in [0.717, 1.165) is 21.2 Å². The molecule has 3 aromatic rings. The minimum Gasteiger partial charge on any atom is -0.245 e. The molecule has 92 valence electrons. The van der Waals surface area contributed by atoms with Gasteiger partial charge >= 0.3 is 0 Å². The molecule has 0 amide bonds. The first-order valence-electron chi connectivity index (χ1n) is 5.69. The van der Waals surface area contributed by atoms with E-state index in [-0.39, 0.29) is 0 Å². The van der Waals surface area contributed by atoms with Crippen molar-refractivity contribution in [2.24, 2.45) is 0 Å². The van der Waals surface area contributed by atoms with Crippen LogP contribution in [0.3, 0.4) is 0 Å². The van der Waals surface area contributed by atoms with Gasteiger partial charge in [0.05, 0.1) is 10.2 Å². The van der Waals surface area contributed by atoms with Crippen LogP contribution >= 0.6 is 23.1 Å². The van der Waals surface area contributed by atoms with Crippen LogP contribution < -0.4 is 0 Å². The van der Waals surface area contributed by atoms with Gasteiger partial charge in [0.25, 0.3) is 0 Å². The minimum atomic E-state index is 0.496. The highest BCUT2D eigenvalue weighted by atomic mass is 32.2. The van der Waals surface area contributed by atoms with Crippen molar-refractivity contribution in [2.75, 3.05) is 0 Å². The Bertz CT molecular complexity index is 725. The van der Waals surface area contributed by atoms with Gasteiger partial charge in [0, 0.05) is 11.9 Å². The summed E-state index contributed by atoms with van der Waals surface area (Å²) in [7, 11) is 0. The van der Waals surface area contributed by atoms with Crippen molar-refractivity contribution in [3.8, 4) is 6.07 Å². The highest BCUT2D eigenvalue weighted by Crippen LogP contribution is 2.31. The van der Waals surface area contributed by atoms with Crippen LogP contribution in [0.4, 0.5) is 0 Å². The van der Waals surface area contributed by atoms with E-state index < -0.39 is 0 Å². The molecule has 3 nitrogen and oxygen atoms in total. The molecule has 0 aliphatic carbocycles. The molecule has 2 heterocycles. The molecule has 3 rings (SSSR count). The summed E-state index contributed by atoms with van der Waals surface area (Å²) in [5, 5.41) is 9.00. The van der Waals surface area contributed by atoms with Gasteiger partial charge in [-0.25, -0.2) is 9.97 Å². The first-order valence-corrected chi connectivity index (χ1v) is 7.49. The van der Waals surface area contributed by atoms with Crippen molar-refractivity contribution in [3.05, 3.63) is 53.9 Å². The Kier molecular flexibility index (Phi) is 3.45. The number of hydrogen-bond acceptors (Lipinski definition) is 5. The van der Waals surface area contributed by atoms with Gasteiger partial charge < -0.3 is 0 Å². The normalized spacial score (nSPS) is 10.5. The van der Waals surface area contributed by atoms with Crippen LogP contribution in [0, 0.1) is 11.3 Å².